The molecule has 0 atom stereocenters. The number of nitro benzene ring substituents is 1. The van der Waals surface area contributed by atoms with Crippen LogP contribution in [0, 0.1) is 21.4 Å². The number of hydrogen-bond donors (Lipinski definition) is 1. The molecule has 0 fully saturated rings. The van der Waals surface area contributed by atoms with Crippen LogP contribution in [0.5, 0.6) is 5.75 Å². The number of nitrogens with one attached hydrogen (secondary N) is 1. The summed E-state index contributed by atoms with van der Waals surface area (Å²) in [7, 11) is 0. The molecule has 1 amide bonds. The molecule has 33 heavy (non-hydrogen) atoms. The zero-order chi connectivity index (χ0) is 24.0. The molecule has 10 heteroatoms. The Labute approximate surface area is 197 Å². The summed E-state index contributed by atoms with van der Waals surface area (Å²) in [5.74, 6) is -1.10. The third-order valence-corrected chi connectivity index (χ3v) is 4.84. The SMILES string of the molecule is N#C/C(=C\c1ccc(OC(=O)c2ccc(Cl)cc2)cc1)C(=O)Nc1cc([N+](=O)[O-])ccc1Cl. The number of carbonyl (C=O) groups is 2. The Bertz CT molecular complexity index is 1300. The van der Waals surface area contributed by atoms with Gasteiger partial charge in [0.25, 0.3) is 11.6 Å². The van der Waals surface area contributed by atoms with Crippen molar-refractivity contribution in [3.05, 3.63) is 104 Å². The third-order valence-electron chi connectivity index (χ3n) is 4.26. The molecule has 0 saturated carbocycles. The summed E-state index contributed by atoms with van der Waals surface area (Å²) in [6, 6.07) is 17.7. The summed E-state index contributed by atoms with van der Waals surface area (Å²) in [6.45, 7) is 0. The van der Waals surface area contributed by atoms with Crippen molar-refractivity contribution in [3.8, 4) is 11.8 Å². The van der Waals surface area contributed by atoms with Crippen molar-refractivity contribution in [2.75, 3.05) is 5.32 Å². The van der Waals surface area contributed by atoms with Gasteiger partial charge in [-0.2, -0.15) is 5.26 Å². The van der Waals surface area contributed by atoms with Crippen molar-refractivity contribution >= 4 is 52.5 Å². The van der Waals surface area contributed by atoms with E-state index in [4.69, 9.17) is 27.9 Å². The zero-order valence-electron chi connectivity index (χ0n) is 16.6. The minimum atomic E-state index is -0.793. The largest absolute Gasteiger partial charge is 0.423 e. The minimum Gasteiger partial charge on any atom is -0.423 e. The van der Waals surface area contributed by atoms with Crippen molar-refractivity contribution in [1.82, 2.24) is 0 Å². The second kappa shape index (κ2) is 10.4. The smallest absolute Gasteiger partial charge is 0.343 e. The molecule has 0 aromatic heterocycles. The van der Waals surface area contributed by atoms with Crippen LogP contribution >= 0.6 is 23.2 Å². The zero-order valence-corrected chi connectivity index (χ0v) is 18.1. The van der Waals surface area contributed by atoms with Crippen LogP contribution < -0.4 is 10.1 Å². The van der Waals surface area contributed by atoms with Gasteiger partial charge in [-0.1, -0.05) is 35.3 Å². The summed E-state index contributed by atoms with van der Waals surface area (Å²) >= 11 is 11.8. The molecule has 0 aliphatic rings. The van der Waals surface area contributed by atoms with Crippen LogP contribution in [0.1, 0.15) is 15.9 Å². The highest BCUT2D eigenvalue weighted by Gasteiger charge is 2.15. The standard InChI is InChI=1S/C23H13Cl2N3O5/c24-17-5-3-15(4-6-17)23(30)33-19-8-1-14(2-9-19)11-16(13-26)22(29)27-21-12-18(28(31)32)7-10-20(21)25/h1-12H,(H,27,29)/b16-11+. The molecule has 0 unspecified atom stereocenters. The molecule has 0 heterocycles. The van der Waals surface area contributed by atoms with E-state index in [1.54, 1.807) is 30.3 Å². The van der Waals surface area contributed by atoms with Crippen LogP contribution in [-0.4, -0.2) is 16.8 Å². The molecular weight excluding hydrogens is 469 g/mol. The molecule has 3 rings (SSSR count). The number of nitro groups is 1. The number of carbonyl (C=O) groups excluding carboxylic acids is 2. The Kier molecular flexibility index (Phi) is 7.41. The number of nitrogens with zero attached hydrogens (tertiary/aromatic N) is 2. The summed E-state index contributed by atoms with van der Waals surface area (Å²) < 4.78 is 5.28. The number of amides is 1. The first-order valence-electron chi connectivity index (χ1n) is 9.21. The van der Waals surface area contributed by atoms with E-state index in [9.17, 15) is 25.0 Å². The van der Waals surface area contributed by atoms with Crippen molar-refractivity contribution in [1.29, 1.82) is 5.26 Å². The quantitative estimate of drug-likeness (QED) is 0.121. The number of nitriles is 1. The Balaban J connectivity index is 1.72. The second-order valence-corrected chi connectivity index (χ2v) is 7.35. The molecule has 0 saturated heterocycles. The highest BCUT2D eigenvalue weighted by Crippen LogP contribution is 2.27. The number of anilines is 1. The van der Waals surface area contributed by atoms with Crippen molar-refractivity contribution in [2.24, 2.45) is 0 Å². The van der Waals surface area contributed by atoms with E-state index in [-0.39, 0.29) is 27.7 Å². The Hall–Kier alpha value is -4.19. The third kappa shape index (κ3) is 6.17. The van der Waals surface area contributed by atoms with Crippen LogP contribution in [0.3, 0.4) is 0 Å². The average Bonchev–Trinajstić information content (AvgIpc) is 2.80. The maximum Gasteiger partial charge on any atom is 0.343 e. The summed E-state index contributed by atoms with van der Waals surface area (Å²) in [5, 5.41) is 23.3. The lowest BCUT2D eigenvalue weighted by Gasteiger charge is -2.07. The fourth-order valence-electron chi connectivity index (χ4n) is 2.61. The van der Waals surface area contributed by atoms with E-state index < -0.39 is 16.8 Å². The van der Waals surface area contributed by atoms with E-state index >= 15 is 0 Å². The molecule has 0 radical (unpaired) electrons. The normalized spacial score (nSPS) is 10.8. The second-order valence-electron chi connectivity index (χ2n) is 6.51. The molecular formula is C23H13Cl2N3O5. The molecule has 3 aromatic rings. The van der Waals surface area contributed by atoms with Gasteiger partial charge in [-0.05, 0) is 54.1 Å². The molecule has 0 spiro atoms. The topological polar surface area (TPSA) is 122 Å². The average molecular weight is 482 g/mol. The maximum atomic E-state index is 12.5. The highest BCUT2D eigenvalue weighted by atomic mass is 35.5. The van der Waals surface area contributed by atoms with Gasteiger partial charge in [-0.25, -0.2) is 4.79 Å². The predicted molar refractivity (Wildman–Crippen MR) is 123 cm³/mol. The van der Waals surface area contributed by atoms with Crippen molar-refractivity contribution in [2.45, 2.75) is 0 Å². The van der Waals surface area contributed by atoms with Gasteiger partial charge < -0.3 is 10.1 Å². The van der Waals surface area contributed by atoms with Crippen LogP contribution in [-0.2, 0) is 4.79 Å². The lowest BCUT2D eigenvalue weighted by Crippen LogP contribution is -2.14. The van der Waals surface area contributed by atoms with Crippen molar-refractivity contribution < 1.29 is 19.2 Å². The van der Waals surface area contributed by atoms with Crippen molar-refractivity contribution in [3.63, 3.8) is 0 Å². The lowest BCUT2D eigenvalue weighted by atomic mass is 10.1. The number of rotatable bonds is 6. The van der Waals surface area contributed by atoms with Crippen LogP contribution in [0.25, 0.3) is 6.08 Å². The van der Waals surface area contributed by atoms with Gasteiger partial charge >= 0.3 is 5.97 Å². The van der Waals surface area contributed by atoms with Gasteiger partial charge in [0.15, 0.2) is 0 Å². The van der Waals surface area contributed by atoms with Gasteiger partial charge in [0.2, 0.25) is 0 Å². The summed E-state index contributed by atoms with van der Waals surface area (Å²) in [6.07, 6.45) is 1.31. The predicted octanol–water partition coefficient (Wildman–Crippen LogP) is 5.67. The molecule has 1 N–H and O–H groups in total. The molecule has 164 valence electrons. The number of non-ortho nitro benzene ring substituents is 1. The minimum absolute atomic E-state index is 0.00137. The first-order chi connectivity index (χ1) is 15.8. The fourth-order valence-corrected chi connectivity index (χ4v) is 2.90. The van der Waals surface area contributed by atoms with Gasteiger partial charge in [0, 0.05) is 17.2 Å². The van der Waals surface area contributed by atoms with E-state index in [2.05, 4.69) is 5.32 Å². The number of esters is 1. The van der Waals surface area contributed by atoms with E-state index in [1.807, 2.05) is 0 Å². The van der Waals surface area contributed by atoms with Gasteiger partial charge in [-0.3, -0.25) is 14.9 Å². The van der Waals surface area contributed by atoms with Crippen LogP contribution in [0.4, 0.5) is 11.4 Å². The number of hydrogen-bond acceptors (Lipinski definition) is 6. The molecule has 8 nitrogen and oxygen atoms in total. The van der Waals surface area contributed by atoms with E-state index in [0.29, 0.717) is 16.1 Å². The number of benzene rings is 3. The van der Waals surface area contributed by atoms with Gasteiger partial charge in [0.1, 0.15) is 17.4 Å². The lowest BCUT2D eigenvalue weighted by molar-refractivity contribution is -0.384. The Morgan fingerprint density at radius 3 is 2.30 bits per heavy atom. The van der Waals surface area contributed by atoms with Crippen LogP contribution in [0.2, 0.25) is 10.0 Å². The molecule has 0 bridgehead atoms. The van der Waals surface area contributed by atoms with Crippen LogP contribution in [0.15, 0.2) is 72.3 Å². The maximum absolute atomic E-state index is 12.5. The summed E-state index contributed by atoms with van der Waals surface area (Å²) in [4.78, 5) is 34.9. The monoisotopic (exact) mass is 481 g/mol. The number of halogens is 2. The highest BCUT2D eigenvalue weighted by molar-refractivity contribution is 6.34. The molecule has 3 aromatic carbocycles. The van der Waals surface area contributed by atoms with E-state index in [1.165, 1.54) is 42.5 Å². The fraction of sp³-hybridized carbons (Fsp3) is 0. The first kappa shape index (κ1) is 23.5. The van der Waals surface area contributed by atoms with Gasteiger partial charge in [-0.15, -0.1) is 0 Å². The number of ether oxygens (including phenoxy) is 1. The Morgan fingerprint density at radius 1 is 1.03 bits per heavy atom. The molecule has 0 aliphatic carbocycles. The Morgan fingerprint density at radius 2 is 1.70 bits per heavy atom. The first-order valence-corrected chi connectivity index (χ1v) is 9.97. The summed E-state index contributed by atoms with van der Waals surface area (Å²) in [5.41, 5.74) is 0.288. The van der Waals surface area contributed by atoms with Gasteiger partial charge in [0.05, 0.1) is 21.2 Å². The van der Waals surface area contributed by atoms with E-state index in [0.717, 1.165) is 6.07 Å². The molecule has 0 aliphatic heterocycles.